The Hall–Kier alpha value is 0.540. The van der Waals surface area contributed by atoms with Gasteiger partial charge in [-0.2, -0.15) is 0 Å². The first-order valence-corrected chi connectivity index (χ1v) is 15.8. The van der Waals surface area contributed by atoms with E-state index in [1.54, 1.807) is 0 Å². The Labute approximate surface area is 157 Å². The fourth-order valence-electron chi connectivity index (χ4n) is 3.33. The Morgan fingerprint density at radius 2 is 0.958 bits per heavy atom. The minimum absolute atomic E-state index is 0.181. The van der Waals surface area contributed by atoms with Crippen molar-refractivity contribution < 1.29 is 18.2 Å². The van der Waals surface area contributed by atoms with Gasteiger partial charge in [-0.1, -0.05) is 0 Å². The molecule has 0 unspecified atom stereocenters. The summed E-state index contributed by atoms with van der Waals surface area (Å²) in [5, 5.41) is 3.64. The molecule has 0 amide bonds. The van der Waals surface area contributed by atoms with Gasteiger partial charge < -0.3 is 0 Å². The first kappa shape index (κ1) is 24.5. The first-order chi connectivity index (χ1) is 11.3. The monoisotopic (exact) mass is 512 g/mol. The van der Waals surface area contributed by atoms with Crippen LogP contribution in [-0.4, -0.2) is 67.8 Å². The molecular weight excluding hydrogens is 467 g/mol. The summed E-state index contributed by atoms with van der Waals surface area (Å²) in [6.07, 6.45) is 0. The molecule has 0 heterocycles. The molecule has 5 nitrogen and oxygen atoms in total. The molecule has 0 spiro atoms. The summed E-state index contributed by atoms with van der Waals surface area (Å²) < 4.78 is 12.5. The average molecular weight is 513 g/mol. The Morgan fingerprint density at radius 3 is 1.21 bits per heavy atom. The van der Waals surface area contributed by atoms with Gasteiger partial charge in [-0.15, -0.1) is 0 Å². The van der Waals surface area contributed by atoms with E-state index in [0.717, 1.165) is 52.4 Å². The van der Waals surface area contributed by atoms with Crippen LogP contribution in [0.4, 0.5) is 0 Å². The quantitative estimate of drug-likeness (QED) is 0.371. The molecular formula is C18H45N5Ta. The summed E-state index contributed by atoms with van der Waals surface area (Å²) in [5.41, 5.74) is 0.181. The number of nitrogens with one attached hydrogen (secondary N) is 2. The second-order valence-corrected chi connectivity index (χ2v) is 18.4. The van der Waals surface area contributed by atoms with Crippen molar-refractivity contribution in [3.63, 3.8) is 0 Å². The van der Waals surface area contributed by atoms with Gasteiger partial charge in [0.1, 0.15) is 0 Å². The molecule has 0 aliphatic heterocycles. The SMILES string of the molecule is CC[N](CC)[Ta]([NH]CCNC(C)(C)C)([N](CC)CC)[N](CC)CC. The third-order valence-electron chi connectivity index (χ3n) is 4.48. The van der Waals surface area contributed by atoms with Crippen molar-refractivity contribution in [2.75, 3.05) is 52.4 Å². The van der Waals surface area contributed by atoms with Gasteiger partial charge in [0, 0.05) is 0 Å². The van der Waals surface area contributed by atoms with Crippen LogP contribution >= 0.6 is 0 Å². The molecule has 0 aromatic rings. The van der Waals surface area contributed by atoms with Crippen LogP contribution in [-0.2, 0) is 18.2 Å². The van der Waals surface area contributed by atoms with E-state index in [1.807, 2.05) is 0 Å². The van der Waals surface area contributed by atoms with Crippen LogP contribution in [0.1, 0.15) is 62.3 Å². The molecule has 0 radical (unpaired) electrons. The molecule has 0 bridgehead atoms. The van der Waals surface area contributed by atoms with Crippen LogP contribution < -0.4 is 9.04 Å². The van der Waals surface area contributed by atoms with Gasteiger partial charge in [-0.25, -0.2) is 0 Å². The fourth-order valence-corrected chi connectivity index (χ4v) is 19.3. The van der Waals surface area contributed by atoms with E-state index in [2.05, 4.69) is 81.3 Å². The second-order valence-electron chi connectivity index (χ2n) is 7.07. The molecule has 0 aliphatic carbocycles. The third-order valence-corrected chi connectivity index (χ3v) is 21.4. The van der Waals surface area contributed by atoms with Crippen molar-refractivity contribution in [3.05, 3.63) is 0 Å². The summed E-state index contributed by atoms with van der Waals surface area (Å²) in [5.74, 6) is 0. The van der Waals surface area contributed by atoms with E-state index in [0.29, 0.717) is 0 Å². The van der Waals surface area contributed by atoms with Gasteiger partial charge in [0.25, 0.3) is 0 Å². The van der Waals surface area contributed by atoms with Crippen molar-refractivity contribution in [1.82, 2.24) is 18.9 Å². The maximum absolute atomic E-state index is 4.14. The van der Waals surface area contributed by atoms with Crippen molar-refractivity contribution >= 4 is 0 Å². The number of hydrogen-bond acceptors (Lipinski definition) is 5. The number of rotatable bonds is 13. The molecule has 147 valence electrons. The van der Waals surface area contributed by atoms with Gasteiger partial charge in [0.2, 0.25) is 0 Å². The minimum atomic E-state index is -3.09. The third kappa shape index (κ3) is 6.69. The molecule has 0 aliphatic rings. The van der Waals surface area contributed by atoms with Crippen LogP contribution in [0.2, 0.25) is 0 Å². The maximum atomic E-state index is 4.14. The second kappa shape index (κ2) is 12.0. The van der Waals surface area contributed by atoms with E-state index >= 15 is 0 Å². The molecule has 0 saturated carbocycles. The predicted molar refractivity (Wildman–Crippen MR) is 105 cm³/mol. The van der Waals surface area contributed by atoms with Crippen LogP contribution in [0.5, 0.6) is 0 Å². The Bertz CT molecular complexity index is 276. The zero-order valence-electron chi connectivity index (χ0n) is 17.9. The van der Waals surface area contributed by atoms with Crippen molar-refractivity contribution in [2.45, 2.75) is 67.9 Å². The zero-order valence-corrected chi connectivity index (χ0v) is 21.2. The van der Waals surface area contributed by atoms with E-state index in [-0.39, 0.29) is 5.54 Å². The zero-order chi connectivity index (χ0) is 18.8. The Balaban J connectivity index is 5.54. The molecule has 0 aromatic carbocycles. The van der Waals surface area contributed by atoms with Gasteiger partial charge >= 0.3 is 157 Å². The topological polar surface area (TPSA) is 33.8 Å². The normalized spacial score (nSPS) is 13.5. The van der Waals surface area contributed by atoms with E-state index in [1.165, 1.54) is 0 Å². The molecule has 2 N–H and O–H groups in total. The molecule has 0 fully saturated rings. The predicted octanol–water partition coefficient (Wildman–Crippen LogP) is 2.80. The summed E-state index contributed by atoms with van der Waals surface area (Å²) in [6, 6.07) is 0. The van der Waals surface area contributed by atoms with Crippen LogP contribution in [0.3, 0.4) is 0 Å². The fraction of sp³-hybridized carbons (Fsp3) is 1.00. The van der Waals surface area contributed by atoms with E-state index in [9.17, 15) is 0 Å². The van der Waals surface area contributed by atoms with Gasteiger partial charge in [0.15, 0.2) is 0 Å². The average Bonchev–Trinajstić information content (AvgIpc) is 2.53. The number of nitrogens with zero attached hydrogens (tertiary/aromatic N) is 3. The molecule has 0 atom stereocenters. The summed E-state index contributed by atoms with van der Waals surface area (Å²) in [6.45, 7) is 29.4. The van der Waals surface area contributed by atoms with Crippen LogP contribution in [0.15, 0.2) is 0 Å². The van der Waals surface area contributed by atoms with E-state index < -0.39 is 18.2 Å². The standard InChI is InChI=1S/C6H15N2.3C4H10N.Ta/c1-6(2,3)8-5-4-7;3*1-3-5-4-2;/h7-8H,4-5H2,1-3H3;3*3-4H2,1-2H3;/q4*-1;+4. The van der Waals surface area contributed by atoms with Crippen LogP contribution in [0, 0.1) is 0 Å². The summed E-state index contributed by atoms with van der Waals surface area (Å²) in [7, 11) is 0. The molecule has 0 aromatic heterocycles. The molecule has 24 heavy (non-hydrogen) atoms. The van der Waals surface area contributed by atoms with Gasteiger partial charge in [-0.3, -0.25) is 0 Å². The van der Waals surface area contributed by atoms with Gasteiger partial charge in [-0.05, 0) is 0 Å². The Kier molecular flexibility index (Phi) is 12.3. The van der Waals surface area contributed by atoms with Crippen molar-refractivity contribution in [1.29, 1.82) is 0 Å². The van der Waals surface area contributed by atoms with Crippen LogP contribution in [0.25, 0.3) is 0 Å². The van der Waals surface area contributed by atoms with Gasteiger partial charge in [0.05, 0.1) is 0 Å². The number of hydrogen-bond donors (Lipinski definition) is 2. The Morgan fingerprint density at radius 1 is 0.625 bits per heavy atom. The summed E-state index contributed by atoms with van der Waals surface area (Å²) in [4.78, 5) is 0. The van der Waals surface area contributed by atoms with Crippen molar-refractivity contribution in [2.24, 2.45) is 0 Å². The van der Waals surface area contributed by atoms with E-state index in [4.69, 9.17) is 0 Å². The molecule has 0 saturated heterocycles. The molecule has 6 heteroatoms. The first-order valence-electron chi connectivity index (χ1n) is 9.92. The molecule has 0 rings (SSSR count). The van der Waals surface area contributed by atoms with Crippen molar-refractivity contribution in [3.8, 4) is 0 Å². The summed E-state index contributed by atoms with van der Waals surface area (Å²) >= 11 is -3.09.